The molecule has 1 aromatic carbocycles. The largest absolute Gasteiger partial charge is 0.494 e. The highest BCUT2D eigenvalue weighted by molar-refractivity contribution is 6.02. The first kappa shape index (κ1) is 16.5. The number of nitrogens with one attached hydrogen (secondary N) is 1. The van der Waals surface area contributed by atoms with Crippen molar-refractivity contribution in [3.05, 3.63) is 41.6 Å². The molecule has 0 aliphatic carbocycles. The smallest absolute Gasteiger partial charge is 0.303 e. The lowest BCUT2D eigenvalue weighted by atomic mass is 10.2. The number of carboxylic acids is 1. The maximum Gasteiger partial charge on any atom is 0.303 e. The first-order valence-corrected chi connectivity index (χ1v) is 7.16. The molecule has 0 saturated heterocycles. The van der Waals surface area contributed by atoms with E-state index in [4.69, 9.17) is 14.3 Å². The summed E-state index contributed by atoms with van der Waals surface area (Å²) >= 11 is 0. The Kier molecular flexibility index (Phi) is 5.35. The van der Waals surface area contributed by atoms with E-state index in [0.717, 1.165) is 0 Å². The zero-order chi connectivity index (χ0) is 16.8. The second-order valence-corrected chi connectivity index (χ2v) is 4.97. The van der Waals surface area contributed by atoms with Gasteiger partial charge in [0.25, 0.3) is 5.91 Å². The fourth-order valence-electron chi connectivity index (χ4n) is 1.98. The number of carbonyl (C=O) groups is 2. The zero-order valence-corrected chi connectivity index (χ0v) is 13.0. The Hall–Kier alpha value is -2.83. The SMILES string of the molecule is Cc1nc(C)c(C(=O)Nc2ccc(OCCCC(=O)O)cc2)o1. The number of amides is 1. The fraction of sp³-hybridized carbons (Fsp3) is 0.312. The fourth-order valence-corrected chi connectivity index (χ4v) is 1.98. The summed E-state index contributed by atoms with van der Waals surface area (Å²) in [7, 11) is 0. The maximum atomic E-state index is 12.1. The number of carboxylic acid groups (broad SMARTS) is 1. The summed E-state index contributed by atoms with van der Waals surface area (Å²) in [5, 5.41) is 11.3. The highest BCUT2D eigenvalue weighted by atomic mass is 16.5. The van der Waals surface area contributed by atoms with E-state index in [1.165, 1.54) is 0 Å². The molecule has 7 heteroatoms. The van der Waals surface area contributed by atoms with Gasteiger partial charge in [-0.2, -0.15) is 0 Å². The van der Waals surface area contributed by atoms with Gasteiger partial charge in [0, 0.05) is 19.0 Å². The van der Waals surface area contributed by atoms with Gasteiger partial charge >= 0.3 is 5.97 Å². The van der Waals surface area contributed by atoms with E-state index in [9.17, 15) is 9.59 Å². The normalized spacial score (nSPS) is 10.3. The van der Waals surface area contributed by atoms with Crippen molar-refractivity contribution >= 4 is 17.6 Å². The van der Waals surface area contributed by atoms with Crippen molar-refractivity contribution in [2.45, 2.75) is 26.7 Å². The van der Waals surface area contributed by atoms with Crippen LogP contribution >= 0.6 is 0 Å². The van der Waals surface area contributed by atoms with E-state index in [-0.39, 0.29) is 18.1 Å². The van der Waals surface area contributed by atoms with Crippen molar-refractivity contribution in [1.29, 1.82) is 0 Å². The minimum Gasteiger partial charge on any atom is -0.494 e. The molecule has 0 aliphatic heterocycles. The lowest BCUT2D eigenvalue weighted by Gasteiger charge is -2.07. The summed E-state index contributed by atoms with van der Waals surface area (Å²) < 4.78 is 10.7. The van der Waals surface area contributed by atoms with Crippen LogP contribution in [0.3, 0.4) is 0 Å². The van der Waals surface area contributed by atoms with E-state index in [0.29, 0.717) is 36.0 Å². The van der Waals surface area contributed by atoms with Crippen LogP contribution in [0.1, 0.15) is 35.0 Å². The molecule has 2 N–H and O–H groups in total. The highest BCUT2D eigenvalue weighted by Gasteiger charge is 2.15. The Morgan fingerprint density at radius 3 is 2.52 bits per heavy atom. The molecular weight excluding hydrogens is 300 g/mol. The Labute approximate surface area is 133 Å². The molecule has 1 amide bonds. The maximum absolute atomic E-state index is 12.1. The molecule has 1 aromatic heterocycles. The van der Waals surface area contributed by atoms with Crippen LogP contribution < -0.4 is 10.1 Å². The molecule has 23 heavy (non-hydrogen) atoms. The molecule has 2 rings (SSSR count). The highest BCUT2D eigenvalue weighted by Crippen LogP contribution is 2.18. The van der Waals surface area contributed by atoms with Gasteiger partial charge in [-0.3, -0.25) is 9.59 Å². The van der Waals surface area contributed by atoms with Crippen molar-refractivity contribution in [1.82, 2.24) is 4.98 Å². The first-order valence-electron chi connectivity index (χ1n) is 7.16. The number of hydrogen-bond acceptors (Lipinski definition) is 5. The van der Waals surface area contributed by atoms with Gasteiger partial charge in [0.05, 0.1) is 12.3 Å². The third kappa shape index (κ3) is 4.84. The number of anilines is 1. The predicted octanol–water partition coefficient (Wildman–Crippen LogP) is 2.79. The molecule has 0 aliphatic rings. The van der Waals surface area contributed by atoms with E-state index in [1.54, 1.807) is 38.1 Å². The van der Waals surface area contributed by atoms with Crippen molar-refractivity contribution in [3.63, 3.8) is 0 Å². The van der Waals surface area contributed by atoms with Crippen molar-refractivity contribution < 1.29 is 23.8 Å². The molecule has 7 nitrogen and oxygen atoms in total. The summed E-state index contributed by atoms with van der Waals surface area (Å²) in [5.74, 6) is 0.0390. The number of hydrogen-bond donors (Lipinski definition) is 2. The Morgan fingerprint density at radius 2 is 1.96 bits per heavy atom. The van der Waals surface area contributed by atoms with Crippen LogP contribution in [0, 0.1) is 13.8 Å². The summed E-state index contributed by atoms with van der Waals surface area (Å²) in [6.07, 6.45) is 0.516. The monoisotopic (exact) mass is 318 g/mol. The van der Waals surface area contributed by atoms with Gasteiger partial charge in [0.15, 0.2) is 5.89 Å². The first-order chi connectivity index (χ1) is 11.0. The molecule has 1 heterocycles. The molecule has 2 aromatic rings. The number of aliphatic carboxylic acids is 1. The van der Waals surface area contributed by atoms with Crippen LogP contribution in [-0.4, -0.2) is 28.6 Å². The molecule has 122 valence electrons. The predicted molar refractivity (Wildman–Crippen MR) is 82.7 cm³/mol. The number of aryl methyl sites for hydroxylation is 2. The summed E-state index contributed by atoms with van der Waals surface area (Å²) in [5.41, 5.74) is 1.14. The number of benzene rings is 1. The molecule has 0 atom stereocenters. The lowest BCUT2D eigenvalue weighted by molar-refractivity contribution is -0.137. The van der Waals surface area contributed by atoms with Crippen LogP contribution in [0.25, 0.3) is 0 Å². The number of aromatic nitrogens is 1. The summed E-state index contributed by atoms with van der Waals surface area (Å²) in [4.78, 5) is 26.5. The van der Waals surface area contributed by atoms with E-state index in [1.807, 2.05) is 0 Å². The van der Waals surface area contributed by atoms with Crippen LogP contribution in [0.15, 0.2) is 28.7 Å². The minimum atomic E-state index is -0.843. The van der Waals surface area contributed by atoms with Gasteiger partial charge in [-0.15, -0.1) is 0 Å². The standard InChI is InChI=1S/C16H18N2O5/c1-10-15(23-11(2)17-10)16(21)18-12-5-7-13(8-6-12)22-9-3-4-14(19)20/h5-8H,3-4,9H2,1-2H3,(H,18,21)(H,19,20). The third-order valence-corrected chi connectivity index (χ3v) is 3.03. The van der Waals surface area contributed by atoms with Gasteiger partial charge in [0.2, 0.25) is 5.76 Å². The van der Waals surface area contributed by atoms with E-state index in [2.05, 4.69) is 10.3 Å². The quantitative estimate of drug-likeness (QED) is 0.761. The Bertz CT molecular complexity index is 691. The molecule has 0 radical (unpaired) electrons. The van der Waals surface area contributed by atoms with Gasteiger partial charge < -0.3 is 19.6 Å². The van der Waals surface area contributed by atoms with Crippen LogP contribution in [0.5, 0.6) is 5.75 Å². The number of nitrogens with zero attached hydrogens (tertiary/aromatic N) is 1. The van der Waals surface area contributed by atoms with Crippen LogP contribution in [0.4, 0.5) is 5.69 Å². The Balaban J connectivity index is 1.88. The van der Waals surface area contributed by atoms with Crippen molar-refractivity contribution in [2.75, 3.05) is 11.9 Å². The topological polar surface area (TPSA) is 102 Å². The van der Waals surface area contributed by atoms with E-state index >= 15 is 0 Å². The summed E-state index contributed by atoms with van der Waals surface area (Å²) in [6.45, 7) is 3.72. The van der Waals surface area contributed by atoms with Crippen LogP contribution in [-0.2, 0) is 4.79 Å². The third-order valence-electron chi connectivity index (χ3n) is 3.03. The van der Waals surface area contributed by atoms with Gasteiger partial charge in [0.1, 0.15) is 5.75 Å². The summed E-state index contributed by atoms with van der Waals surface area (Å²) in [6, 6.07) is 6.80. The van der Waals surface area contributed by atoms with Gasteiger partial charge in [-0.05, 0) is 37.6 Å². The average molecular weight is 318 g/mol. The van der Waals surface area contributed by atoms with Gasteiger partial charge in [-0.1, -0.05) is 0 Å². The molecule has 0 unspecified atom stereocenters. The van der Waals surface area contributed by atoms with Crippen molar-refractivity contribution in [3.8, 4) is 5.75 Å². The number of rotatable bonds is 7. The minimum absolute atomic E-state index is 0.0735. The number of ether oxygens (including phenoxy) is 1. The number of carbonyl (C=O) groups excluding carboxylic acids is 1. The molecule has 0 saturated carbocycles. The second kappa shape index (κ2) is 7.44. The molecule has 0 spiro atoms. The molecular formula is C16H18N2O5. The number of oxazole rings is 1. The van der Waals surface area contributed by atoms with Crippen molar-refractivity contribution in [2.24, 2.45) is 0 Å². The van der Waals surface area contributed by atoms with E-state index < -0.39 is 5.97 Å². The molecule has 0 fully saturated rings. The zero-order valence-electron chi connectivity index (χ0n) is 13.0. The van der Waals surface area contributed by atoms with Gasteiger partial charge in [-0.25, -0.2) is 4.98 Å². The average Bonchev–Trinajstić information content (AvgIpc) is 2.84. The Morgan fingerprint density at radius 1 is 1.26 bits per heavy atom. The molecule has 0 bridgehead atoms. The lowest BCUT2D eigenvalue weighted by Crippen LogP contribution is -2.12. The second-order valence-electron chi connectivity index (χ2n) is 4.97. The van der Waals surface area contributed by atoms with Crippen LogP contribution in [0.2, 0.25) is 0 Å².